The molecule has 0 atom stereocenters. The largest absolute Gasteiger partial charge is 0.474 e. The summed E-state index contributed by atoms with van der Waals surface area (Å²) in [4.78, 5) is 4.17. The molecule has 0 bridgehead atoms. The second-order valence-corrected chi connectivity index (χ2v) is 4.38. The maximum absolute atomic E-state index is 6.07. The lowest BCUT2D eigenvalue weighted by Crippen LogP contribution is -2.10. The van der Waals surface area contributed by atoms with E-state index < -0.39 is 0 Å². The zero-order chi connectivity index (χ0) is 13.9. The van der Waals surface area contributed by atoms with Crippen LogP contribution >= 0.6 is 11.6 Å². The van der Waals surface area contributed by atoms with Gasteiger partial charge in [0.1, 0.15) is 11.6 Å². The van der Waals surface area contributed by atoms with Crippen LogP contribution in [0.1, 0.15) is 12.0 Å². The van der Waals surface area contributed by atoms with E-state index in [4.69, 9.17) is 25.8 Å². The summed E-state index contributed by atoms with van der Waals surface area (Å²) in [6.07, 6.45) is 2.63. The summed E-state index contributed by atoms with van der Waals surface area (Å²) in [5, 5.41) is 3.56. The summed E-state index contributed by atoms with van der Waals surface area (Å²) < 4.78 is 15.8. The molecule has 0 aliphatic heterocycles. The quantitative estimate of drug-likeness (QED) is 0.666. The van der Waals surface area contributed by atoms with Gasteiger partial charge < -0.3 is 19.5 Å². The van der Waals surface area contributed by atoms with Crippen molar-refractivity contribution in [2.75, 3.05) is 40.6 Å². The summed E-state index contributed by atoms with van der Waals surface area (Å²) in [5.41, 5.74) is 1.02. The van der Waals surface area contributed by atoms with Gasteiger partial charge in [0.25, 0.3) is 0 Å². The Morgan fingerprint density at radius 3 is 2.79 bits per heavy atom. The third-order valence-corrected chi connectivity index (χ3v) is 2.62. The predicted octanol–water partition coefficient (Wildman–Crippen LogP) is 1.89. The van der Waals surface area contributed by atoms with Crippen LogP contribution in [0.5, 0.6) is 5.88 Å². The van der Waals surface area contributed by atoms with E-state index >= 15 is 0 Å². The number of pyridine rings is 1. The average molecular weight is 289 g/mol. The highest BCUT2D eigenvalue weighted by atomic mass is 35.5. The first kappa shape index (κ1) is 16.2. The van der Waals surface area contributed by atoms with Crippen LogP contribution in [0.3, 0.4) is 0 Å². The summed E-state index contributed by atoms with van der Waals surface area (Å²) in [5.74, 6) is 0.446. The number of halogens is 1. The van der Waals surface area contributed by atoms with Crippen molar-refractivity contribution < 1.29 is 14.2 Å². The molecule has 1 rings (SSSR count). The third-order valence-electron chi connectivity index (χ3n) is 2.35. The van der Waals surface area contributed by atoms with Gasteiger partial charge in [-0.05, 0) is 25.1 Å². The van der Waals surface area contributed by atoms with Gasteiger partial charge in [0.05, 0.1) is 6.61 Å². The lowest BCUT2D eigenvalue weighted by Gasteiger charge is -2.09. The minimum Gasteiger partial charge on any atom is -0.474 e. The first-order valence-electron chi connectivity index (χ1n) is 6.26. The van der Waals surface area contributed by atoms with Crippen molar-refractivity contribution in [2.45, 2.75) is 13.0 Å². The number of hydrogen-bond acceptors (Lipinski definition) is 5. The zero-order valence-corrected chi connectivity index (χ0v) is 12.2. The molecular formula is C13H21ClN2O3. The minimum absolute atomic E-state index is 0.436. The van der Waals surface area contributed by atoms with E-state index in [-0.39, 0.29) is 0 Å². The highest BCUT2D eigenvalue weighted by Crippen LogP contribution is 2.22. The van der Waals surface area contributed by atoms with Crippen LogP contribution in [0.25, 0.3) is 0 Å². The second-order valence-electron chi connectivity index (χ2n) is 3.97. The summed E-state index contributed by atoms with van der Waals surface area (Å²) >= 11 is 6.07. The number of rotatable bonds is 10. The van der Waals surface area contributed by atoms with Gasteiger partial charge in [0.15, 0.2) is 0 Å². The van der Waals surface area contributed by atoms with Gasteiger partial charge in [-0.15, -0.1) is 0 Å². The van der Waals surface area contributed by atoms with Gasteiger partial charge in [-0.25, -0.2) is 4.98 Å². The summed E-state index contributed by atoms with van der Waals surface area (Å²) in [6, 6.07) is 1.85. The molecule has 1 heterocycles. The van der Waals surface area contributed by atoms with E-state index in [1.807, 2.05) is 13.1 Å². The molecule has 0 unspecified atom stereocenters. The van der Waals surface area contributed by atoms with Crippen molar-refractivity contribution in [3.05, 3.63) is 22.8 Å². The van der Waals surface area contributed by atoms with Crippen molar-refractivity contribution in [1.82, 2.24) is 10.3 Å². The molecule has 0 spiro atoms. The molecule has 108 valence electrons. The van der Waals surface area contributed by atoms with E-state index in [0.717, 1.165) is 18.5 Å². The molecule has 0 saturated heterocycles. The van der Waals surface area contributed by atoms with Gasteiger partial charge >= 0.3 is 0 Å². The van der Waals surface area contributed by atoms with Crippen LogP contribution in [-0.4, -0.2) is 45.6 Å². The SMILES string of the molecule is CNCc1cnc(OCCOCCCOC)c(Cl)c1. The number of ether oxygens (including phenoxy) is 3. The monoisotopic (exact) mass is 288 g/mol. The van der Waals surface area contributed by atoms with E-state index in [9.17, 15) is 0 Å². The Morgan fingerprint density at radius 2 is 2.11 bits per heavy atom. The average Bonchev–Trinajstić information content (AvgIpc) is 2.40. The molecule has 0 radical (unpaired) electrons. The van der Waals surface area contributed by atoms with Gasteiger partial charge in [-0.3, -0.25) is 0 Å². The molecule has 6 heteroatoms. The van der Waals surface area contributed by atoms with Crippen molar-refractivity contribution in [3.8, 4) is 5.88 Å². The van der Waals surface area contributed by atoms with Gasteiger partial charge in [0.2, 0.25) is 5.88 Å². The molecule has 19 heavy (non-hydrogen) atoms. The van der Waals surface area contributed by atoms with E-state index in [1.54, 1.807) is 13.3 Å². The molecule has 5 nitrogen and oxygen atoms in total. The zero-order valence-electron chi connectivity index (χ0n) is 11.4. The van der Waals surface area contributed by atoms with Gasteiger partial charge in [-0.2, -0.15) is 0 Å². The topological polar surface area (TPSA) is 52.6 Å². The smallest absolute Gasteiger partial charge is 0.232 e. The highest BCUT2D eigenvalue weighted by Gasteiger charge is 2.04. The third kappa shape index (κ3) is 6.73. The molecule has 0 aliphatic rings. The van der Waals surface area contributed by atoms with Gasteiger partial charge in [0, 0.05) is 33.1 Å². The maximum Gasteiger partial charge on any atom is 0.232 e. The molecule has 0 fully saturated rings. The van der Waals surface area contributed by atoms with Crippen molar-refractivity contribution >= 4 is 11.6 Å². The van der Waals surface area contributed by atoms with E-state index in [2.05, 4.69) is 10.3 Å². The Balaban J connectivity index is 2.22. The molecule has 0 aliphatic carbocycles. The highest BCUT2D eigenvalue weighted by molar-refractivity contribution is 6.31. The van der Waals surface area contributed by atoms with Crippen LogP contribution in [0, 0.1) is 0 Å². The number of nitrogens with one attached hydrogen (secondary N) is 1. The number of methoxy groups -OCH3 is 1. The standard InChI is InChI=1S/C13H21ClN2O3/c1-15-9-11-8-12(14)13(16-10-11)19-7-6-18-5-3-4-17-2/h8,10,15H,3-7,9H2,1-2H3. The lowest BCUT2D eigenvalue weighted by molar-refractivity contribution is 0.0796. The fourth-order valence-electron chi connectivity index (χ4n) is 1.48. The Hall–Kier alpha value is -0.880. The predicted molar refractivity (Wildman–Crippen MR) is 74.8 cm³/mol. The van der Waals surface area contributed by atoms with Crippen molar-refractivity contribution in [3.63, 3.8) is 0 Å². The Bertz CT molecular complexity index is 364. The molecule has 0 amide bonds. The molecule has 0 saturated carbocycles. The minimum atomic E-state index is 0.436. The van der Waals surface area contributed by atoms with E-state index in [1.165, 1.54) is 0 Å². The lowest BCUT2D eigenvalue weighted by atomic mass is 10.3. The first-order valence-corrected chi connectivity index (χ1v) is 6.64. The number of aromatic nitrogens is 1. The Labute approximate surface area is 119 Å². The first-order chi connectivity index (χ1) is 9.27. The van der Waals surface area contributed by atoms with Gasteiger partial charge in [-0.1, -0.05) is 11.6 Å². The fourth-order valence-corrected chi connectivity index (χ4v) is 1.72. The van der Waals surface area contributed by atoms with Crippen LogP contribution in [-0.2, 0) is 16.0 Å². The van der Waals surface area contributed by atoms with Crippen LogP contribution in [0.4, 0.5) is 0 Å². The Morgan fingerprint density at radius 1 is 1.26 bits per heavy atom. The summed E-state index contributed by atoms with van der Waals surface area (Å²) in [7, 11) is 3.55. The Kier molecular flexibility index (Phi) is 8.49. The number of hydrogen-bond donors (Lipinski definition) is 1. The fraction of sp³-hybridized carbons (Fsp3) is 0.615. The van der Waals surface area contributed by atoms with Crippen LogP contribution in [0.15, 0.2) is 12.3 Å². The van der Waals surface area contributed by atoms with Crippen molar-refractivity contribution in [2.24, 2.45) is 0 Å². The normalized spacial score (nSPS) is 10.7. The molecule has 1 N–H and O–H groups in total. The maximum atomic E-state index is 6.07. The van der Waals surface area contributed by atoms with E-state index in [0.29, 0.717) is 37.3 Å². The van der Waals surface area contributed by atoms with Crippen LogP contribution in [0.2, 0.25) is 5.02 Å². The second kappa shape index (κ2) is 9.97. The van der Waals surface area contributed by atoms with Crippen molar-refractivity contribution in [1.29, 1.82) is 0 Å². The number of nitrogens with zero attached hydrogens (tertiary/aromatic N) is 1. The molecule has 1 aromatic heterocycles. The van der Waals surface area contributed by atoms with Crippen LogP contribution < -0.4 is 10.1 Å². The molecule has 1 aromatic rings. The molecular weight excluding hydrogens is 268 g/mol. The molecule has 0 aromatic carbocycles. The summed E-state index contributed by atoms with van der Waals surface area (Å²) in [6.45, 7) is 3.06.